The fourth-order valence-electron chi connectivity index (χ4n) is 1.97. The zero-order chi connectivity index (χ0) is 13.4. The quantitative estimate of drug-likeness (QED) is 0.685. The predicted octanol–water partition coefficient (Wildman–Crippen LogP) is 3.05. The summed E-state index contributed by atoms with van der Waals surface area (Å²) < 4.78 is 5.31. The number of rotatable bonds is 9. The highest BCUT2D eigenvalue weighted by Gasteiger charge is 2.04. The zero-order valence-corrected chi connectivity index (χ0v) is 12.3. The molecule has 0 radical (unpaired) electrons. The Hall–Kier alpha value is -0.800. The van der Waals surface area contributed by atoms with Gasteiger partial charge >= 0.3 is 0 Å². The van der Waals surface area contributed by atoms with Crippen LogP contribution in [0.2, 0.25) is 0 Å². The van der Waals surface area contributed by atoms with Crippen molar-refractivity contribution >= 4 is 0 Å². The van der Waals surface area contributed by atoms with Gasteiger partial charge in [-0.05, 0) is 58.4 Å². The van der Waals surface area contributed by atoms with Gasteiger partial charge in [0.15, 0.2) is 0 Å². The van der Waals surface area contributed by atoms with Crippen molar-refractivity contribution in [3.05, 3.63) is 23.7 Å². The molecule has 0 amide bonds. The number of hydrogen-bond donors (Lipinski definition) is 1. The second-order valence-electron chi connectivity index (χ2n) is 5.54. The Bertz CT molecular complexity index is 320. The van der Waals surface area contributed by atoms with Gasteiger partial charge in [0.05, 0.1) is 6.26 Å². The van der Waals surface area contributed by atoms with Crippen molar-refractivity contribution in [2.45, 2.75) is 40.2 Å². The van der Waals surface area contributed by atoms with Gasteiger partial charge in [0, 0.05) is 12.1 Å². The van der Waals surface area contributed by atoms with Crippen molar-refractivity contribution in [3.63, 3.8) is 0 Å². The third-order valence-electron chi connectivity index (χ3n) is 3.10. The third-order valence-corrected chi connectivity index (χ3v) is 3.10. The van der Waals surface area contributed by atoms with E-state index in [1.165, 1.54) is 18.4 Å². The number of furan rings is 1. The van der Waals surface area contributed by atoms with E-state index in [0.29, 0.717) is 0 Å². The van der Waals surface area contributed by atoms with Crippen LogP contribution in [0, 0.1) is 12.8 Å². The van der Waals surface area contributed by atoms with E-state index < -0.39 is 0 Å². The molecule has 0 bridgehead atoms. The minimum absolute atomic E-state index is 0.747. The maximum absolute atomic E-state index is 5.31. The molecule has 0 atom stereocenters. The van der Waals surface area contributed by atoms with Crippen molar-refractivity contribution in [1.29, 1.82) is 0 Å². The van der Waals surface area contributed by atoms with Crippen LogP contribution in [-0.4, -0.2) is 31.6 Å². The Morgan fingerprint density at radius 1 is 1.33 bits per heavy atom. The summed E-state index contributed by atoms with van der Waals surface area (Å²) in [5, 5.41) is 3.48. The Morgan fingerprint density at radius 2 is 2.11 bits per heavy atom. The molecule has 0 aliphatic heterocycles. The van der Waals surface area contributed by atoms with E-state index in [-0.39, 0.29) is 0 Å². The van der Waals surface area contributed by atoms with Crippen LogP contribution < -0.4 is 5.32 Å². The van der Waals surface area contributed by atoms with E-state index >= 15 is 0 Å². The van der Waals surface area contributed by atoms with Crippen LogP contribution in [0.15, 0.2) is 16.7 Å². The molecule has 18 heavy (non-hydrogen) atoms. The molecule has 0 saturated carbocycles. The zero-order valence-electron chi connectivity index (χ0n) is 12.3. The molecule has 0 unspecified atom stereocenters. The lowest BCUT2D eigenvalue weighted by atomic mass is 10.2. The Kier molecular flexibility index (Phi) is 7.06. The number of aryl methyl sites for hydroxylation is 1. The summed E-state index contributed by atoms with van der Waals surface area (Å²) in [7, 11) is 2.17. The monoisotopic (exact) mass is 252 g/mol. The van der Waals surface area contributed by atoms with Gasteiger partial charge in [-0.3, -0.25) is 0 Å². The highest BCUT2D eigenvalue weighted by molar-refractivity contribution is 5.14. The van der Waals surface area contributed by atoms with Gasteiger partial charge in [0.25, 0.3) is 0 Å². The first-order chi connectivity index (χ1) is 8.59. The van der Waals surface area contributed by atoms with Gasteiger partial charge in [-0.15, -0.1) is 0 Å². The minimum Gasteiger partial charge on any atom is -0.469 e. The number of hydrogen-bond acceptors (Lipinski definition) is 3. The van der Waals surface area contributed by atoms with Gasteiger partial charge < -0.3 is 14.6 Å². The summed E-state index contributed by atoms with van der Waals surface area (Å²) in [4.78, 5) is 2.36. The first kappa shape index (κ1) is 15.3. The fourth-order valence-corrected chi connectivity index (χ4v) is 1.97. The summed E-state index contributed by atoms with van der Waals surface area (Å²) in [6.45, 7) is 10.9. The second-order valence-corrected chi connectivity index (χ2v) is 5.54. The SMILES string of the molecule is Cc1occc1CN(C)CCCCNCC(C)C. The van der Waals surface area contributed by atoms with Gasteiger partial charge in [-0.25, -0.2) is 0 Å². The lowest BCUT2D eigenvalue weighted by Gasteiger charge is -2.16. The van der Waals surface area contributed by atoms with Crippen LogP contribution in [0.5, 0.6) is 0 Å². The summed E-state index contributed by atoms with van der Waals surface area (Å²) in [5.74, 6) is 1.79. The molecule has 1 rings (SSSR count). The lowest BCUT2D eigenvalue weighted by molar-refractivity contribution is 0.315. The first-order valence-corrected chi connectivity index (χ1v) is 7.02. The summed E-state index contributed by atoms with van der Waals surface area (Å²) in [5.41, 5.74) is 1.30. The smallest absolute Gasteiger partial charge is 0.105 e. The Balaban J connectivity index is 2.04. The predicted molar refractivity (Wildman–Crippen MR) is 76.7 cm³/mol. The normalized spacial score (nSPS) is 11.7. The molecule has 3 nitrogen and oxygen atoms in total. The van der Waals surface area contributed by atoms with E-state index in [9.17, 15) is 0 Å². The van der Waals surface area contributed by atoms with Crippen molar-refractivity contribution in [2.24, 2.45) is 5.92 Å². The van der Waals surface area contributed by atoms with Crippen LogP contribution in [0.25, 0.3) is 0 Å². The molecule has 0 fully saturated rings. The maximum Gasteiger partial charge on any atom is 0.105 e. The topological polar surface area (TPSA) is 28.4 Å². The van der Waals surface area contributed by atoms with Crippen molar-refractivity contribution < 1.29 is 4.42 Å². The largest absolute Gasteiger partial charge is 0.469 e. The fraction of sp³-hybridized carbons (Fsp3) is 0.733. The van der Waals surface area contributed by atoms with Crippen LogP contribution >= 0.6 is 0 Å². The average Bonchev–Trinajstić information content (AvgIpc) is 2.69. The molecule has 1 aromatic heterocycles. The van der Waals surface area contributed by atoms with Crippen molar-refractivity contribution in [3.8, 4) is 0 Å². The van der Waals surface area contributed by atoms with Crippen LogP contribution in [0.4, 0.5) is 0 Å². The highest BCUT2D eigenvalue weighted by Crippen LogP contribution is 2.11. The molecule has 0 aliphatic rings. The minimum atomic E-state index is 0.747. The molecule has 0 spiro atoms. The molecule has 1 heterocycles. The van der Waals surface area contributed by atoms with Crippen molar-refractivity contribution in [1.82, 2.24) is 10.2 Å². The van der Waals surface area contributed by atoms with Crippen molar-refractivity contribution in [2.75, 3.05) is 26.7 Å². The van der Waals surface area contributed by atoms with E-state index in [1.54, 1.807) is 6.26 Å². The molecule has 1 aromatic rings. The highest BCUT2D eigenvalue weighted by atomic mass is 16.3. The van der Waals surface area contributed by atoms with E-state index in [2.05, 4.69) is 37.2 Å². The standard InChI is InChI=1S/C15H28N2O/c1-13(2)11-16-8-5-6-9-17(4)12-15-7-10-18-14(15)3/h7,10,13,16H,5-6,8-9,11-12H2,1-4H3. The molecule has 0 saturated heterocycles. The first-order valence-electron chi connectivity index (χ1n) is 7.02. The van der Waals surface area contributed by atoms with E-state index in [1.807, 2.05) is 6.92 Å². The number of unbranched alkanes of at least 4 members (excludes halogenated alkanes) is 1. The summed E-state index contributed by atoms with van der Waals surface area (Å²) in [6.07, 6.45) is 4.27. The Labute approximate surface area is 112 Å². The maximum atomic E-state index is 5.31. The van der Waals surface area contributed by atoms with Gasteiger partial charge in [0.1, 0.15) is 5.76 Å². The Morgan fingerprint density at radius 3 is 2.72 bits per heavy atom. The van der Waals surface area contributed by atoms with Crippen LogP contribution in [0.3, 0.4) is 0 Å². The van der Waals surface area contributed by atoms with E-state index in [4.69, 9.17) is 4.42 Å². The van der Waals surface area contributed by atoms with Gasteiger partial charge in [0.2, 0.25) is 0 Å². The molecule has 1 N–H and O–H groups in total. The molecular formula is C15H28N2O. The van der Waals surface area contributed by atoms with Gasteiger partial charge in [-0.2, -0.15) is 0 Å². The van der Waals surface area contributed by atoms with Gasteiger partial charge in [-0.1, -0.05) is 13.8 Å². The molecule has 0 aromatic carbocycles. The molecular weight excluding hydrogens is 224 g/mol. The number of nitrogens with one attached hydrogen (secondary N) is 1. The molecule has 3 heteroatoms. The van der Waals surface area contributed by atoms with Crippen LogP contribution in [0.1, 0.15) is 38.0 Å². The molecule has 0 aliphatic carbocycles. The summed E-state index contributed by atoms with van der Waals surface area (Å²) >= 11 is 0. The summed E-state index contributed by atoms with van der Waals surface area (Å²) in [6, 6.07) is 2.07. The van der Waals surface area contributed by atoms with Crippen LogP contribution in [-0.2, 0) is 6.54 Å². The van der Waals surface area contributed by atoms with E-state index in [0.717, 1.165) is 37.9 Å². The third kappa shape index (κ3) is 6.22. The molecule has 104 valence electrons. The average molecular weight is 252 g/mol. The lowest BCUT2D eigenvalue weighted by Crippen LogP contribution is -2.23. The number of nitrogens with zero attached hydrogens (tertiary/aromatic N) is 1. The second kappa shape index (κ2) is 8.33.